The van der Waals surface area contributed by atoms with Crippen LogP contribution in [0.25, 0.3) is 0 Å². The fraction of sp³-hybridized carbons (Fsp3) is 0.929. The van der Waals surface area contributed by atoms with Crippen molar-refractivity contribution >= 4 is 0 Å². The van der Waals surface area contributed by atoms with E-state index in [-0.39, 0.29) is 5.54 Å². The van der Waals surface area contributed by atoms with Gasteiger partial charge in [0, 0.05) is 26.8 Å². The Morgan fingerprint density at radius 2 is 2.22 bits per heavy atom. The smallest absolute Gasteiger partial charge is 0.122 e. The van der Waals surface area contributed by atoms with Gasteiger partial charge in [0.25, 0.3) is 0 Å². The third-order valence-corrected chi connectivity index (χ3v) is 3.57. The van der Waals surface area contributed by atoms with Crippen LogP contribution < -0.4 is 5.32 Å². The highest BCUT2D eigenvalue weighted by atomic mass is 16.5. The van der Waals surface area contributed by atoms with Crippen LogP contribution in [0.2, 0.25) is 0 Å². The van der Waals surface area contributed by atoms with Crippen molar-refractivity contribution in [3.05, 3.63) is 0 Å². The molecule has 0 aliphatic heterocycles. The number of hydrogen-bond donors (Lipinski definition) is 1. The van der Waals surface area contributed by atoms with E-state index in [0.29, 0.717) is 5.92 Å². The zero-order valence-corrected chi connectivity index (χ0v) is 12.0. The SMILES string of the molecule is CCCNC(C#N)(CN(C)CCCOC)C1CC1. The Morgan fingerprint density at radius 1 is 1.50 bits per heavy atom. The summed E-state index contributed by atoms with van der Waals surface area (Å²) in [4.78, 5) is 2.25. The molecule has 4 nitrogen and oxygen atoms in total. The van der Waals surface area contributed by atoms with E-state index in [1.165, 1.54) is 12.8 Å². The summed E-state index contributed by atoms with van der Waals surface area (Å²) in [5.74, 6) is 0.541. The van der Waals surface area contributed by atoms with Crippen LogP contribution in [0.4, 0.5) is 0 Å². The molecule has 1 rings (SSSR count). The molecule has 18 heavy (non-hydrogen) atoms. The van der Waals surface area contributed by atoms with E-state index < -0.39 is 0 Å². The molecule has 0 aromatic rings. The zero-order chi connectivity index (χ0) is 13.4. The van der Waals surface area contributed by atoms with Crippen LogP contribution >= 0.6 is 0 Å². The predicted molar refractivity (Wildman–Crippen MR) is 73.4 cm³/mol. The quantitative estimate of drug-likeness (QED) is 0.601. The molecule has 1 N–H and O–H groups in total. The first kappa shape index (κ1) is 15.4. The number of nitriles is 1. The Hall–Kier alpha value is -0.630. The van der Waals surface area contributed by atoms with Crippen molar-refractivity contribution in [1.82, 2.24) is 10.2 Å². The summed E-state index contributed by atoms with van der Waals surface area (Å²) < 4.78 is 5.07. The molecule has 1 saturated carbocycles. The maximum absolute atomic E-state index is 9.57. The highest BCUT2D eigenvalue weighted by Crippen LogP contribution is 2.39. The van der Waals surface area contributed by atoms with Crippen LogP contribution in [-0.2, 0) is 4.74 Å². The fourth-order valence-corrected chi connectivity index (χ4v) is 2.40. The van der Waals surface area contributed by atoms with Crippen molar-refractivity contribution in [3.63, 3.8) is 0 Å². The monoisotopic (exact) mass is 253 g/mol. The van der Waals surface area contributed by atoms with Crippen LogP contribution in [0.3, 0.4) is 0 Å². The Balaban J connectivity index is 2.47. The van der Waals surface area contributed by atoms with Gasteiger partial charge in [-0.05, 0) is 45.2 Å². The van der Waals surface area contributed by atoms with Gasteiger partial charge in [-0.1, -0.05) is 6.92 Å². The first-order valence-electron chi connectivity index (χ1n) is 7.02. The van der Waals surface area contributed by atoms with E-state index in [2.05, 4.69) is 30.3 Å². The molecule has 0 heterocycles. The molecule has 0 aromatic heterocycles. The summed E-state index contributed by atoms with van der Waals surface area (Å²) in [5.41, 5.74) is -0.335. The van der Waals surface area contributed by atoms with E-state index in [1.807, 2.05) is 0 Å². The number of likely N-dealkylation sites (N-methyl/N-ethyl adjacent to an activating group) is 1. The lowest BCUT2D eigenvalue weighted by molar-refractivity contribution is 0.167. The summed E-state index contributed by atoms with van der Waals surface area (Å²) in [7, 11) is 3.82. The van der Waals surface area contributed by atoms with Crippen LogP contribution in [0.1, 0.15) is 32.6 Å². The standard InChI is InChI=1S/C14H27N3O/c1-4-8-16-14(11-15,13-6-7-13)12-17(2)9-5-10-18-3/h13,16H,4-10,12H2,1-3H3. The van der Waals surface area contributed by atoms with E-state index >= 15 is 0 Å². The van der Waals surface area contributed by atoms with Crippen LogP contribution in [0, 0.1) is 17.2 Å². The molecule has 104 valence electrons. The molecule has 0 spiro atoms. The molecule has 0 bridgehead atoms. The second-order valence-corrected chi connectivity index (χ2v) is 5.37. The average Bonchev–Trinajstić information content (AvgIpc) is 3.19. The van der Waals surface area contributed by atoms with Gasteiger partial charge in [0.1, 0.15) is 5.54 Å². The lowest BCUT2D eigenvalue weighted by Crippen LogP contribution is -2.54. The molecule has 1 aliphatic rings. The topological polar surface area (TPSA) is 48.3 Å². The Labute approximate surface area is 111 Å². The number of ether oxygens (including phenoxy) is 1. The summed E-state index contributed by atoms with van der Waals surface area (Å²) in [6, 6.07) is 2.55. The van der Waals surface area contributed by atoms with Crippen molar-refractivity contribution in [3.8, 4) is 6.07 Å². The van der Waals surface area contributed by atoms with Crippen LogP contribution in [-0.4, -0.2) is 50.8 Å². The largest absolute Gasteiger partial charge is 0.385 e. The average molecular weight is 253 g/mol. The summed E-state index contributed by atoms with van der Waals surface area (Å²) in [6.07, 6.45) is 4.48. The van der Waals surface area contributed by atoms with Gasteiger partial charge in [-0.15, -0.1) is 0 Å². The molecular weight excluding hydrogens is 226 g/mol. The molecule has 1 fully saturated rings. The second-order valence-electron chi connectivity index (χ2n) is 5.37. The third kappa shape index (κ3) is 4.56. The molecule has 4 heteroatoms. The Kier molecular flexibility index (Phi) is 6.62. The number of nitrogens with zero attached hydrogens (tertiary/aromatic N) is 2. The summed E-state index contributed by atoms with van der Waals surface area (Å²) in [5, 5.41) is 13.1. The van der Waals surface area contributed by atoms with Gasteiger partial charge < -0.3 is 9.64 Å². The number of methoxy groups -OCH3 is 1. The van der Waals surface area contributed by atoms with Gasteiger partial charge >= 0.3 is 0 Å². The Morgan fingerprint density at radius 3 is 2.72 bits per heavy atom. The molecule has 1 unspecified atom stereocenters. The molecular formula is C14H27N3O. The highest BCUT2D eigenvalue weighted by Gasteiger charge is 2.45. The molecule has 0 saturated heterocycles. The van der Waals surface area contributed by atoms with E-state index in [9.17, 15) is 5.26 Å². The minimum Gasteiger partial charge on any atom is -0.385 e. The number of rotatable bonds is 10. The fourth-order valence-electron chi connectivity index (χ4n) is 2.40. The highest BCUT2D eigenvalue weighted by molar-refractivity contribution is 5.16. The summed E-state index contributed by atoms with van der Waals surface area (Å²) >= 11 is 0. The van der Waals surface area contributed by atoms with Crippen molar-refractivity contribution in [1.29, 1.82) is 5.26 Å². The third-order valence-electron chi connectivity index (χ3n) is 3.57. The normalized spacial score (nSPS) is 18.6. The lowest BCUT2D eigenvalue weighted by atomic mass is 9.94. The summed E-state index contributed by atoms with van der Waals surface area (Å²) in [6.45, 7) is 5.66. The van der Waals surface area contributed by atoms with Crippen molar-refractivity contribution in [2.24, 2.45) is 5.92 Å². The second kappa shape index (κ2) is 7.73. The van der Waals surface area contributed by atoms with Crippen LogP contribution in [0.5, 0.6) is 0 Å². The maximum atomic E-state index is 9.57. The van der Waals surface area contributed by atoms with Gasteiger partial charge in [0.2, 0.25) is 0 Å². The van der Waals surface area contributed by atoms with Gasteiger partial charge in [-0.2, -0.15) is 5.26 Å². The Bertz CT molecular complexity index is 273. The molecule has 1 aliphatic carbocycles. The lowest BCUT2D eigenvalue weighted by Gasteiger charge is -2.32. The van der Waals surface area contributed by atoms with Gasteiger partial charge in [-0.3, -0.25) is 5.32 Å². The van der Waals surface area contributed by atoms with Crippen molar-refractivity contribution in [2.75, 3.05) is 40.4 Å². The number of nitrogens with one attached hydrogen (secondary N) is 1. The predicted octanol–water partition coefficient (Wildman–Crippen LogP) is 1.63. The minimum atomic E-state index is -0.335. The molecule has 0 radical (unpaired) electrons. The zero-order valence-electron chi connectivity index (χ0n) is 12.0. The molecule has 0 aromatic carbocycles. The minimum absolute atomic E-state index is 0.335. The van der Waals surface area contributed by atoms with E-state index in [0.717, 1.165) is 39.1 Å². The molecule has 1 atom stereocenters. The van der Waals surface area contributed by atoms with Crippen molar-refractivity contribution in [2.45, 2.75) is 38.1 Å². The van der Waals surface area contributed by atoms with Gasteiger partial charge in [0.15, 0.2) is 0 Å². The van der Waals surface area contributed by atoms with Crippen molar-refractivity contribution < 1.29 is 4.74 Å². The van der Waals surface area contributed by atoms with Crippen LogP contribution in [0.15, 0.2) is 0 Å². The van der Waals surface area contributed by atoms with Gasteiger partial charge in [0.05, 0.1) is 6.07 Å². The molecule has 0 amide bonds. The first-order valence-corrected chi connectivity index (χ1v) is 7.02. The maximum Gasteiger partial charge on any atom is 0.122 e. The first-order chi connectivity index (χ1) is 8.68. The van der Waals surface area contributed by atoms with E-state index in [4.69, 9.17) is 4.74 Å². The number of hydrogen-bond acceptors (Lipinski definition) is 4. The van der Waals surface area contributed by atoms with E-state index in [1.54, 1.807) is 7.11 Å². The van der Waals surface area contributed by atoms with Gasteiger partial charge in [-0.25, -0.2) is 0 Å².